The number of aromatic nitrogens is 1. The minimum Gasteiger partial charge on any atom is -0.361 e. The van der Waals surface area contributed by atoms with Crippen LogP contribution < -0.4 is 5.32 Å². The quantitative estimate of drug-likeness (QED) is 0.724. The van der Waals surface area contributed by atoms with Crippen LogP contribution in [0.2, 0.25) is 0 Å². The Morgan fingerprint density at radius 2 is 2.12 bits per heavy atom. The maximum Gasteiger partial charge on any atom is 0.173 e. The second kappa shape index (κ2) is 8.45. The van der Waals surface area contributed by atoms with Gasteiger partial charge in [0.25, 0.3) is 0 Å². The van der Waals surface area contributed by atoms with Crippen molar-refractivity contribution in [2.24, 2.45) is 0 Å². The predicted octanol–water partition coefficient (Wildman–Crippen LogP) is 4.10. The third-order valence-electron chi connectivity index (χ3n) is 4.61. The van der Waals surface area contributed by atoms with Crippen LogP contribution in [0.25, 0.3) is 0 Å². The Bertz CT molecular complexity index is 778. The molecule has 5 nitrogen and oxygen atoms in total. The van der Waals surface area contributed by atoms with Gasteiger partial charge in [-0.15, -0.1) is 0 Å². The lowest BCUT2D eigenvalue weighted by molar-refractivity contribution is 0.275. The summed E-state index contributed by atoms with van der Waals surface area (Å²) in [7, 11) is 0. The monoisotopic (exact) mass is 440 g/mol. The summed E-state index contributed by atoms with van der Waals surface area (Å²) in [6.45, 7) is 8.43. The average molecular weight is 441 g/mol. The predicted molar refractivity (Wildman–Crippen MR) is 108 cm³/mol. The number of benzene rings is 1. The second-order valence-corrected chi connectivity index (χ2v) is 7.71. The molecule has 1 aliphatic heterocycles. The third-order valence-corrected chi connectivity index (χ3v) is 5.63. The summed E-state index contributed by atoms with van der Waals surface area (Å²) in [5, 5.41) is 7.91. The van der Waals surface area contributed by atoms with Crippen LogP contribution in [0, 0.1) is 19.7 Å². The van der Waals surface area contributed by atoms with Gasteiger partial charge in [0.15, 0.2) is 5.11 Å². The molecule has 0 atom stereocenters. The number of anilines is 1. The van der Waals surface area contributed by atoms with Crippen molar-refractivity contribution in [1.29, 1.82) is 0 Å². The molecule has 0 saturated carbocycles. The van der Waals surface area contributed by atoms with Gasteiger partial charge in [0.05, 0.1) is 11.4 Å². The molecule has 1 aromatic heterocycles. The Balaban J connectivity index is 1.58. The van der Waals surface area contributed by atoms with Crippen molar-refractivity contribution in [3.8, 4) is 0 Å². The van der Waals surface area contributed by atoms with E-state index in [0.29, 0.717) is 9.59 Å². The van der Waals surface area contributed by atoms with Gasteiger partial charge >= 0.3 is 0 Å². The molecular formula is C18H22BrFN4OS. The number of halogens is 2. The van der Waals surface area contributed by atoms with E-state index in [2.05, 4.69) is 36.2 Å². The van der Waals surface area contributed by atoms with Gasteiger partial charge in [-0.1, -0.05) is 5.16 Å². The molecule has 2 heterocycles. The standard InChI is InChI=1S/C18H22BrFN4OS/c1-12-15(13(2)25-22-12)11-23-6-3-7-24(9-8-23)18(26)21-17-5-4-14(20)10-16(17)19/h4-5,10H,3,6-9,11H2,1-2H3,(H,21,26). The summed E-state index contributed by atoms with van der Waals surface area (Å²) in [5.74, 6) is 0.611. The Morgan fingerprint density at radius 3 is 2.81 bits per heavy atom. The van der Waals surface area contributed by atoms with Gasteiger partial charge in [0.1, 0.15) is 11.6 Å². The SMILES string of the molecule is Cc1noc(C)c1CN1CCCN(C(=S)Nc2ccc(F)cc2Br)CC1. The highest BCUT2D eigenvalue weighted by atomic mass is 79.9. The van der Waals surface area contributed by atoms with Crippen LogP contribution >= 0.6 is 28.1 Å². The number of nitrogens with one attached hydrogen (secondary N) is 1. The van der Waals surface area contributed by atoms with Crippen molar-refractivity contribution in [2.45, 2.75) is 26.8 Å². The molecule has 1 saturated heterocycles. The Kier molecular flexibility index (Phi) is 6.26. The van der Waals surface area contributed by atoms with Crippen molar-refractivity contribution in [3.63, 3.8) is 0 Å². The molecule has 2 aromatic rings. The zero-order valence-corrected chi connectivity index (χ0v) is 17.3. The number of rotatable bonds is 3. The van der Waals surface area contributed by atoms with E-state index in [1.54, 1.807) is 6.07 Å². The van der Waals surface area contributed by atoms with Crippen LogP contribution in [0.3, 0.4) is 0 Å². The zero-order valence-electron chi connectivity index (χ0n) is 14.9. The van der Waals surface area contributed by atoms with E-state index in [1.807, 2.05) is 13.8 Å². The molecule has 0 spiro atoms. The first kappa shape index (κ1) is 19.3. The minimum absolute atomic E-state index is 0.280. The third kappa shape index (κ3) is 4.61. The lowest BCUT2D eigenvalue weighted by Crippen LogP contribution is -2.37. The van der Waals surface area contributed by atoms with Gasteiger partial charge < -0.3 is 14.7 Å². The molecule has 0 amide bonds. The van der Waals surface area contributed by atoms with Gasteiger partial charge in [-0.3, -0.25) is 4.90 Å². The first-order chi connectivity index (χ1) is 12.4. The first-order valence-corrected chi connectivity index (χ1v) is 9.79. The van der Waals surface area contributed by atoms with E-state index < -0.39 is 0 Å². The van der Waals surface area contributed by atoms with Crippen molar-refractivity contribution >= 4 is 38.9 Å². The van der Waals surface area contributed by atoms with Gasteiger partial charge in [-0.25, -0.2) is 4.39 Å². The summed E-state index contributed by atoms with van der Waals surface area (Å²) in [6, 6.07) is 4.54. The maximum atomic E-state index is 13.2. The van der Waals surface area contributed by atoms with Crippen LogP contribution in [0.4, 0.5) is 10.1 Å². The van der Waals surface area contributed by atoms with Gasteiger partial charge in [-0.2, -0.15) is 0 Å². The number of aryl methyl sites for hydroxylation is 2. The van der Waals surface area contributed by atoms with E-state index in [0.717, 1.165) is 56.3 Å². The van der Waals surface area contributed by atoms with Crippen molar-refractivity contribution < 1.29 is 8.91 Å². The van der Waals surface area contributed by atoms with E-state index in [4.69, 9.17) is 16.7 Å². The van der Waals surface area contributed by atoms with Crippen LogP contribution in [-0.4, -0.2) is 46.2 Å². The second-order valence-electron chi connectivity index (χ2n) is 6.47. The largest absolute Gasteiger partial charge is 0.361 e. The summed E-state index contributed by atoms with van der Waals surface area (Å²) >= 11 is 8.93. The van der Waals surface area contributed by atoms with E-state index in [1.165, 1.54) is 17.7 Å². The molecule has 1 aromatic carbocycles. The maximum absolute atomic E-state index is 13.2. The fourth-order valence-electron chi connectivity index (χ4n) is 3.07. The van der Waals surface area contributed by atoms with Crippen molar-refractivity contribution in [2.75, 3.05) is 31.5 Å². The molecule has 26 heavy (non-hydrogen) atoms. The summed E-state index contributed by atoms with van der Waals surface area (Å²) in [4.78, 5) is 4.57. The molecule has 0 unspecified atom stereocenters. The Morgan fingerprint density at radius 1 is 1.31 bits per heavy atom. The Labute approximate surface area is 166 Å². The zero-order chi connectivity index (χ0) is 18.7. The first-order valence-electron chi connectivity index (χ1n) is 8.59. The van der Waals surface area contributed by atoms with Crippen LogP contribution in [0.1, 0.15) is 23.4 Å². The topological polar surface area (TPSA) is 44.5 Å². The van der Waals surface area contributed by atoms with Gasteiger partial charge in [-0.05, 0) is 66.6 Å². The van der Waals surface area contributed by atoms with Crippen LogP contribution in [0.15, 0.2) is 27.2 Å². The highest BCUT2D eigenvalue weighted by Crippen LogP contribution is 2.24. The van der Waals surface area contributed by atoms with Crippen LogP contribution in [0.5, 0.6) is 0 Å². The molecule has 1 aliphatic rings. The normalized spacial score (nSPS) is 15.8. The molecule has 0 bridgehead atoms. The van der Waals surface area contributed by atoms with Crippen LogP contribution in [-0.2, 0) is 6.54 Å². The molecule has 0 aliphatic carbocycles. The number of nitrogens with zero attached hydrogens (tertiary/aromatic N) is 3. The molecule has 8 heteroatoms. The molecule has 0 radical (unpaired) electrons. The minimum atomic E-state index is -0.280. The number of thiocarbonyl (C=S) groups is 1. The molecular weight excluding hydrogens is 419 g/mol. The van der Waals surface area contributed by atoms with Gasteiger partial charge in [0.2, 0.25) is 0 Å². The van der Waals surface area contributed by atoms with E-state index >= 15 is 0 Å². The Hall–Kier alpha value is -1.51. The highest BCUT2D eigenvalue weighted by molar-refractivity contribution is 9.10. The van der Waals surface area contributed by atoms with E-state index in [9.17, 15) is 4.39 Å². The molecule has 140 valence electrons. The fourth-order valence-corrected chi connectivity index (χ4v) is 3.81. The van der Waals surface area contributed by atoms with E-state index in [-0.39, 0.29) is 5.82 Å². The highest BCUT2D eigenvalue weighted by Gasteiger charge is 2.20. The molecule has 3 rings (SSSR count). The summed E-state index contributed by atoms with van der Waals surface area (Å²) in [6.07, 6.45) is 1.02. The lowest BCUT2D eigenvalue weighted by Gasteiger charge is -2.25. The summed E-state index contributed by atoms with van der Waals surface area (Å²) in [5.41, 5.74) is 2.91. The van der Waals surface area contributed by atoms with Crippen molar-refractivity contribution in [1.82, 2.24) is 15.0 Å². The fraction of sp³-hybridized carbons (Fsp3) is 0.444. The number of hydrogen-bond acceptors (Lipinski definition) is 4. The molecule has 1 fully saturated rings. The lowest BCUT2D eigenvalue weighted by atomic mass is 10.2. The average Bonchev–Trinajstić information content (AvgIpc) is 2.80. The molecule has 1 N–H and O–H groups in total. The number of hydrogen-bond donors (Lipinski definition) is 1. The van der Waals surface area contributed by atoms with Crippen molar-refractivity contribution in [3.05, 3.63) is 45.5 Å². The summed E-state index contributed by atoms with van der Waals surface area (Å²) < 4.78 is 19.2. The smallest absolute Gasteiger partial charge is 0.173 e. The van der Waals surface area contributed by atoms with Gasteiger partial charge in [0, 0.05) is 42.8 Å².